The van der Waals surface area contributed by atoms with Gasteiger partial charge in [0, 0.05) is 19.1 Å². The number of hydrogen-bond donors (Lipinski definition) is 2. The molecule has 2 aromatic rings. The second-order valence-electron chi connectivity index (χ2n) is 4.13. The molecule has 2 heterocycles. The molecule has 1 unspecified atom stereocenters. The van der Waals surface area contributed by atoms with Gasteiger partial charge >= 0.3 is 0 Å². The molecule has 3 rings (SSSR count). The molecule has 0 bridgehead atoms. The van der Waals surface area contributed by atoms with Crippen molar-refractivity contribution in [2.24, 2.45) is 0 Å². The molecule has 1 aromatic carbocycles. The van der Waals surface area contributed by atoms with E-state index in [-0.39, 0.29) is 0 Å². The van der Waals surface area contributed by atoms with Crippen molar-refractivity contribution in [2.75, 3.05) is 31.6 Å². The predicted octanol–water partition coefficient (Wildman–Crippen LogP) is 1.23. The van der Waals surface area contributed by atoms with E-state index in [0.29, 0.717) is 6.04 Å². The number of para-hydroxylation sites is 1. The summed E-state index contributed by atoms with van der Waals surface area (Å²) in [6.45, 7) is 3.23. The highest BCUT2D eigenvalue weighted by atomic mass is 16.5. The van der Waals surface area contributed by atoms with Crippen LogP contribution in [-0.2, 0) is 4.74 Å². The lowest BCUT2D eigenvalue weighted by Gasteiger charge is -2.23. The number of anilines is 1. The number of aromatic nitrogens is 1. The lowest BCUT2D eigenvalue weighted by Crippen LogP contribution is -2.45. The minimum Gasteiger partial charge on any atom is -0.378 e. The van der Waals surface area contributed by atoms with Crippen LogP contribution < -0.4 is 10.6 Å². The molecular weight excluding hydrogens is 218 g/mol. The molecule has 1 fully saturated rings. The zero-order chi connectivity index (χ0) is 11.5. The van der Waals surface area contributed by atoms with Crippen molar-refractivity contribution >= 4 is 16.8 Å². The van der Waals surface area contributed by atoms with Crippen LogP contribution in [0.25, 0.3) is 11.0 Å². The van der Waals surface area contributed by atoms with Gasteiger partial charge in [-0.25, -0.2) is 0 Å². The lowest BCUT2D eigenvalue weighted by molar-refractivity contribution is 0.0806. The number of benzene rings is 1. The quantitative estimate of drug-likeness (QED) is 0.835. The van der Waals surface area contributed by atoms with Gasteiger partial charge < -0.3 is 19.9 Å². The van der Waals surface area contributed by atoms with Gasteiger partial charge in [-0.15, -0.1) is 0 Å². The number of ether oxygens (including phenoxy) is 1. The van der Waals surface area contributed by atoms with Crippen molar-refractivity contribution in [2.45, 2.75) is 6.04 Å². The zero-order valence-corrected chi connectivity index (χ0v) is 9.48. The Morgan fingerprint density at radius 1 is 1.41 bits per heavy atom. The van der Waals surface area contributed by atoms with E-state index in [9.17, 15) is 0 Å². The normalized spacial score (nSPS) is 20.6. The van der Waals surface area contributed by atoms with Crippen LogP contribution in [0.1, 0.15) is 0 Å². The van der Waals surface area contributed by atoms with Crippen molar-refractivity contribution in [1.82, 2.24) is 10.5 Å². The van der Waals surface area contributed by atoms with E-state index >= 15 is 0 Å². The summed E-state index contributed by atoms with van der Waals surface area (Å²) < 4.78 is 10.6. The molecule has 0 spiro atoms. The van der Waals surface area contributed by atoms with E-state index in [0.717, 1.165) is 43.1 Å². The Kier molecular flexibility index (Phi) is 2.94. The highest BCUT2D eigenvalue weighted by Crippen LogP contribution is 2.21. The first kappa shape index (κ1) is 10.6. The molecular formula is C12H15N3O2. The Balaban J connectivity index is 1.68. The standard InChI is InChI=1S/C12H15N3O2/c1-2-4-11-10(3-1)12(15-17-11)14-7-9-8-16-6-5-13-9/h1-4,9,13H,5-8H2,(H,14,15). The summed E-state index contributed by atoms with van der Waals surface area (Å²) in [6, 6.07) is 8.16. The highest BCUT2D eigenvalue weighted by molar-refractivity contribution is 5.87. The summed E-state index contributed by atoms with van der Waals surface area (Å²) in [4.78, 5) is 0. The third kappa shape index (κ3) is 2.25. The number of nitrogens with one attached hydrogen (secondary N) is 2. The zero-order valence-electron chi connectivity index (χ0n) is 9.48. The molecule has 1 aliphatic rings. The molecule has 1 atom stereocenters. The Morgan fingerprint density at radius 3 is 3.24 bits per heavy atom. The number of hydrogen-bond acceptors (Lipinski definition) is 5. The third-order valence-electron chi connectivity index (χ3n) is 2.89. The van der Waals surface area contributed by atoms with Gasteiger partial charge in [-0.2, -0.15) is 0 Å². The van der Waals surface area contributed by atoms with E-state index in [1.165, 1.54) is 0 Å². The fourth-order valence-corrected chi connectivity index (χ4v) is 1.98. The Bertz CT molecular complexity index is 491. The average Bonchev–Trinajstić information content (AvgIpc) is 2.81. The highest BCUT2D eigenvalue weighted by Gasteiger charge is 2.14. The summed E-state index contributed by atoms with van der Waals surface area (Å²) in [6.07, 6.45) is 0. The fourth-order valence-electron chi connectivity index (χ4n) is 1.98. The minimum absolute atomic E-state index is 0.333. The maximum Gasteiger partial charge on any atom is 0.177 e. The van der Waals surface area contributed by atoms with Crippen molar-refractivity contribution in [3.63, 3.8) is 0 Å². The van der Waals surface area contributed by atoms with Crippen molar-refractivity contribution in [1.29, 1.82) is 0 Å². The van der Waals surface area contributed by atoms with Crippen LogP contribution in [0, 0.1) is 0 Å². The van der Waals surface area contributed by atoms with Crippen LogP contribution in [0.4, 0.5) is 5.82 Å². The minimum atomic E-state index is 0.333. The van der Waals surface area contributed by atoms with Crippen LogP contribution in [0.15, 0.2) is 28.8 Å². The second-order valence-corrected chi connectivity index (χ2v) is 4.13. The number of nitrogens with zero attached hydrogens (tertiary/aromatic N) is 1. The first-order valence-electron chi connectivity index (χ1n) is 5.83. The molecule has 0 amide bonds. The monoisotopic (exact) mass is 233 g/mol. The average molecular weight is 233 g/mol. The summed E-state index contributed by atoms with van der Waals surface area (Å²) in [7, 11) is 0. The van der Waals surface area contributed by atoms with Crippen LogP contribution in [-0.4, -0.2) is 37.5 Å². The van der Waals surface area contributed by atoms with Gasteiger partial charge in [0.05, 0.1) is 18.6 Å². The molecule has 1 aliphatic heterocycles. The molecule has 5 nitrogen and oxygen atoms in total. The van der Waals surface area contributed by atoms with Crippen molar-refractivity contribution < 1.29 is 9.26 Å². The van der Waals surface area contributed by atoms with Crippen LogP contribution in [0.2, 0.25) is 0 Å². The molecule has 0 radical (unpaired) electrons. The molecule has 1 saturated heterocycles. The Morgan fingerprint density at radius 2 is 2.35 bits per heavy atom. The number of fused-ring (bicyclic) bond motifs is 1. The first-order chi connectivity index (χ1) is 8.43. The summed E-state index contributed by atoms with van der Waals surface area (Å²) >= 11 is 0. The van der Waals surface area contributed by atoms with E-state index in [1.54, 1.807) is 0 Å². The predicted molar refractivity (Wildman–Crippen MR) is 65.1 cm³/mol. The van der Waals surface area contributed by atoms with E-state index in [1.807, 2.05) is 24.3 Å². The van der Waals surface area contributed by atoms with Crippen LogP contribution in [0.3, 0.4) is 0 Å². The van der Waals surface area contributed by atoms with E-state index in [4.69, 9.17) is 9.26 Å². The molecule has 0 aliphatic carbocycles. The summed E-state index contributed by atoms with van der Waals surface area (Å²) in [5.74, 6) is 0.799. The molecule has 17 heavy (non-hydrogen) atoms. The Hall–Kier alpha value is -1.59. The molecule has 90 valence electrons. The topological polar surface area (TPSA) is 59.3 Å². The number of morpholine rings is 1. The van der Waals surface area contributed by atoms with Gasteiger partial charge in [0.25, 0.3) is 0 Å². The molecule has 5 heteroatoms. The molecule has 2 N–H and O–H groups in total. The van der Waals surface area contributed by atoms with Gasteiger partial charge in [0.15, 0.2) is 11.4 Å². The molecule has 0 saturated carbocycles. The van der Waals surface area contributed by atoms with Gasteiger partial charge in [-0.1, -0.05) is 17.3 Å². The first-order valence-corrected chi connectivity index (χ1v) is 5.83. The second kappa shape index (κ2) is 4.73. The van der Waals surface area contributed by atoms with Gasteiger partial charge in [-0.05, 0) is 12.1 Å². The maximum atomic E-state index is 5.39. The molecule has 1 aromatic heterocycles. The van der Waals surface area contributed by atoms with Crippen molar-refractivity contribution in [3.8, 4) is 0 Å². The van der Waals surface area contributed by atoms with Crippen LogP contribution in [0.5, 0.6) is 0 Å². The SMILES string of the molecule is c1ccc2c(NCC3COCCN3)noc2c1. The largest absolute Gasteiger partial charge is 0.378 e. The summed E-state index contributed by atoms with van der Waals surface area (Å²) in [5.41, 5.74) is 0.808. The van der Waals surface area contributed by atoms with E-state index in [2.05, 4.69) is 15.8 Å². The smallest absolute Gasteiger partial charge is 0.177 e. The van der Waals surface area contributed by atoms with Gasteiger partial charge in [0.1, 0.15) is 0 Å². The third-order valence-corrected chi connectivity index (χ3v) is 2.89. The van der Waals surface area contributed by atoms with Crippen LogP contribution >= 0.6 is 0 Å². The van der Waals surface area contributed by atoms with E-state index < -0.39 is 0 Å². The van der Waals surface area contributed by atoms with Gasteiger partial charge in [-0.3, -0.25) is 0 Å². The summed E-state index contributed by atoms with van der Waals surface area (Å²) in [5, 5.41) is 11.7. The van der Waals surface area contributed by atoms with Crippen molar-refractivity contribution in [3.05, 3.63) is 24.3 Å². The van der Waals surface area contributed by atoms with Gasteiger partial charge in [0.2, 0.25) is 0 Å². The maximum absolute atomic E-state index is 5.39. The number of rotatable bonds is 3. The Labute approximate surface area is 99.1 Å². The lowest BCUT2D eigenvalue weighted by atomic mass is 10.2. The fraction of sp³-hybridized carbons (Fsp3) is 0.417.